The zero-order valence-electron chi connectivity index (χ0n) is 18.4. The van der Waals surface area contributed by atoms with Gasteiger partial charge in [0, 0.05) is 13.1 Å². The third kappa shape index (κ3) is 9.03. The fraction of sp³-hybridized carbons (Fsp3) is 0.667. The number of carbonyl (C=O) groups excluding carboxylic acids is 4. The van der Waals surface area contributed by atoms with Crippen molar-refractivity contribution in [3.63, 3.8) is 0 Å². The maximum atomic E-state index is 12.7. The van der Waals surface area contributed by atoms with Gasteiger partial charge >= 0.3 is 48.3 Å². The second-order valence-electron chi connectivity index (χ2n) is 8.10. The molecule has 0 aliphatic carbocycles. The molecule has 0 N–H and O–H groups in total. The zero-order chi connectivity index (χ0) is 29.0. The Balaban J connectivity index is 2.96. The number of hydrogen-bond donors (Lipinski definition) is 0. The monoisotopic (exact) mass is 582 g/mol. The van der Waals surface area contributed by atoms with Gasteiger partial charge in [-0.15, -0.1) is 0 Å². The minimum Gasteiger partial charge on any atom is -0.267 e. The van der Waals surface area contributed by atoms with Crippen LogP contribution in [-0.2, 0) is 19.2 Å². The first-order valence-corrected chi connectivity index (χ1v) is 13.0. The van der Waals surface area contributed by atoms with Gasteiger partial charge in [0.2, 0.25) is 0 Å². The number of imide groups is 2. The first-order chi connectivity index (χ1) is 16.5. The molecule has 0 saturated heterocycles. The van der Waals surface area contributed by atoms with Crippen molar-refractivity contribution in [1.82, 2.24) is 9.80 Å². The average Bonchev–Trinajstić information content (AvgIpc) is 3.18. The minimum absolute atomic E-state index is 0.160. The van der Waals surface area contributed by atoms with Crippen LogP contribution in [-0.4, -0.2) is 79.3 Å². The van der Waals surface area contributed by atoms with E-state index in [1.807, 2.05) is 0 Å². The maximum Gasteiger partial charge on any atom is 0.471 e. The molecule has 1 heterocycles. The second kappa shape index (κ2) is 11.4. The summed E-state index contributed by atoms with van der Waals surface area (Å²) in [4.78, 5) is 43.3. The van der Waals surface area contributed by atoms with Crippen LogP contribution in [0.1, 0.15) is 12.8 Å². The van der Waals surface area contributed by atoms with E-state index in [2.05, 4.69) is 0 Å². The molecule has 0 atom stereocenters. The SMILES string of the molecule is O=C(N(CCC[Si]1(CCCN(C(=O)C(F)(F)F)C(=O)C(F)(F)F)CC=CC1)C(=O)C(F)(F)F)C(F)(F)F. The van der Waals surface area contributed by atoms with Crippen LogP contribution in [0.2, 0.25) is 24.2 Å². The molecule has 0 aromatic rings. The van der Waals surface area contributed by atoms with Crippen molar-refractivity contribution in [2.24, 2.45) is 0 Å². The lowest BCUT2D eigenvalue weighted by Gasteiger charge is -2.30. The fourth-order valence-electron chi connectivity index (χ4n) is 3.71. The molecule has 1 aliphatic heterocycles. The minimum atomic E-state index is -5.80. The molecule has 0 aromatic carbocycles. The molecule has 212 valence electrons. The predicted molar refractivity (Wildman–Crippen MR) is 101 cm³/mol. The lowest BCUT2D eigenvalue weighted by atomic mass is 10.3. The van der Waals surface area contributed by atoms with Crippen molar-refractivity contribution in [3.8, 4) is 0 Å². The molecule has 1 rings (SSSR count). The molecule has 0 fully saturated rings. The topological polar surface area (TPSA) is 74.8 Å². The molecule has 37 heavy (non-hydrogen) atoms. The van der Waals surface area contributed by atoms with Crippen molar-refractivity contribution in [2.45, 2.75) is 61.7 Å². The summed E-state index contributed by atoms with van der Waals surface area (Å²) in [5.74, 6) is -12.2. The quantitative estimate of drug-likeness (QED) is 0.236. The lowest BCUT2D eigenvalue weighted by Crippen LogP contribution is -2.51. The number of rotatable bonds is 8. The molecular weight excluding hydrogens is 564 g/mol. The zero-order valence-corrected chi connectivity index (χ0v) is 19.4. The van der Waals surface area contributed by atoms with E-state index in [0.717, 1.165) is 0 Å². The Morgan fingerprint density at radius 3 is 1.00 bits per heavy atom. The smallest absolute Gasteiger partial charge is 0.267 e. The highest BCUT2D eigenvalue weighted by Gasteiger charge is 2.53. The van der Waals surface area contributed by atoms with Gasteiger partial charge in [-0.1, -0.05) is 24.2 Å². The van der Waals surface area contributed by atoms with Gasteiger partial charge in [-0.3, -0.25) is 29.0 Å². The van der Waals surface area contributed by atoms with Crippen LogP contribution in [0.3, 0.4) is 0 Å². The number of carbonyl (C=O) groups is 4. The van der Waals surface area contributed by atoms with Gasteiger partial charge in [0.15, 0.2) is 0 Å². The van der Waals surface area contributed by atoms with Crippen LogP contribution >= 0.6 is 0 Å². The molecule has 0 radical (unpaired) electrons. The highest BCUT2D eigenvalue weighted by atomic mass is 28.3. The number of alkyl halides is 12. The van der Waals surface area contributed by atoms with Crippen LogP contribution in [0.5, 0.6) is 0 Å². The van der Waals surface area contributed by atoms with Crippen LogP contribution < -0.4 is 0 Å². The highest BCUT2D eigenvalue weighted by Crippen LogP contribution is 2.35. The first-order valence-electron chi connectivity index (χ1n) is 10.2. The summed E-state index contributed by atoms with van der Waals surface area (Å²) in [5, 5.41) is 0. The molecule has 0 bridgehead atoms. The van der Waals surface area contributed by atoms with Gasteiger partial charge in [-0.2, -0.15) is 52.7 Å². The van der Waals surface area contributed by atoms with Gasteiger partial charge in [0.25, 0.3) is 0 Å². The summed E-state index contributed by atoms with van der Waals surface area (Å²) in [6.07, 6.45) is -21.2. The van der Waals surface area contributed by atoms with Gasteiger partial charge in [-0.25, -0.2) is 0 Å². The molecule has 1 aliphatic rings. The molecule has 0 aromatic heterocycles. The molecule has 19 heteroatoms. The standard InChI is InChI=1S/C18H18F12N2O4Si/c19-15(20,21)11(33)31(12(34)16(22,23)24)5-3-9-37(7-1-2-8-37)10-4-6-32(13(35)17(25,26)27)14(36)18(28,29)30/h1-2H,3-10H2. The third-order valence-electron chi connectivity index (χ3n) is 5.40. The van der Waals surface area contributed by atoms with Gasteiger partial charge < -0.3 is 0 Å². The van der Waals surface area contributed by atoms with E-state index in [9.17, 15) is 71.9 Å². The van der Waals surface area contributed by atoms with Crippen molar-refractivity contribution < 1.29 is 71.9 Å². The van der Waals surface area contributed by atoms with Crippen LogP contribution in [0.4, 0.5) is 52.7 Å². The summed E-state index contributed by atoms with van der Waals surface area (Å²) in [6, 6.07) is 0.0577. The highest BCUT2D eigenvalue weighted by molar-refractivity contribution is 6.81. The van der Waals surface area contributed by atoms with Gasteiger partial charge in [-0.05, 0) is 24.9 Å². The van der Waals surface area contributed by atoms with E-state index in [1.54, 1.807) is 12.2 Å². The van der Waals surface area contributed by atoms with Crippen molar-refractivity contribution in [1.29, 1.82) is 0 Å². The fourth-order valence-corrected chi connectivity index (χ4v) is 8.09. The molecular formula is C18H18F12N2O4Si. The Morgan fingerprint density at radius 2 is 0.784 bits per heavy atom. The lowest BCUT2D eigenvalue weighted by molar-refractivity contribution is -0.204. The average molecular weight is 582 g/mol. The van der Waals surface area contributed by atoms with Crippen LogP contribution in [0.15, 0.2) is 12.2 Å². The number of hydrogen-bond acceptors (Lipinski definition) is 4. The maximum absolute atomic E-state index is 12.7. The molecule has 4 amide bonds. The molecule has 0 unspecified atom stereocenters. The van der Waals surface area contributed by atoms with E-state index >= 15 is 0 Å². The van der Waals surface area contributed by atoms with Crippen molar-refractivity contribution in [3.05, 3.63) is 12.2 Å². The van der Waals surface area contributed by atoms with Crippen molar-refractivity contribution >= 4 is 31.7 Å². The van der Waals surface area contributed by atoms with E-state index in [4.69, 9.17) is 0 Å². The summed E-state index contributed by atoms with van der Waals surface area (Å²) in [6.45, 7) is -2.59. The van der Waals surface area contributed by atoms with Crippen LogP contribution in [0.25, 0.3) is 0 Å². The van der Waals surface area contributed by atoms with E-state index in [-0.39, 0.29) is 24.2 Å². The van der Waals surface area contributed by atoms with Gasteiger partial charge in [0.1, 0.15) is 0 Å². The molecule has 0 saturated carbocycles. The predicted octanol–water partition coefficient (Wildman–Crippen LogP) is 4.74. The Bertz CT molecular complexity index is 784. The summed E-state index contributed by atoms with van der Waals surface area (Å²) < 4.78 is 152. The summed E-state index contributed by atoms with van der Waals surface area (Å²) >= 11 is 0. The number of allylic oxidation sites excluding steroid dienone is 2. The van der Waals surface area contributed by atoms with E-state index < -0.39 is 92.1 Å². The Kier molecular flexibility index (Phi) is 10.0. The molecule has 6 nitrogen and oxygen atoms in total. The normalized spacial score (nSPS) is 16.0. The Morgan fingerprint density at radius 1 is 0.541 bits per heavy atom. The van der Waals surface area contributed by atoms with Crippen molar-refractivity contribution in [2.75, 3.05) is 13.1 Å². The number of halogens is 12. The Hall–Kier alpha value is -2.60. The largest absolute Gasteiger partial charge is 0.471 e. The van der Waals surface area contributed by atoms with Crippen LogP contribution in [0, 0.1) is 0 Å². The summed E-state index contributed by atoms with van der Waals surface area (Å²) in [7, 11) is -2.82. The third-order valence-corrected chi connectivity index (χ3v) is 10.4. The molecule has 0 spiro atoms. The number of amides is 4. The van der Waals surface area contributed by atoms with E-state index in [1.165, 1.54) is 0 Å². The van der Waals surface area contributed by atoms with Gasteiger partial charge in [0.05, 0.1) is 8.07 Å². The van der Waals surface area contributed by atoms with E-state index in [0.29, 0.717) is 0 Å². The Labute approximate surface area is 201 Å². The summed E-state index contributed by atoms with van der Waals surface area (Å²) in [5.41, 5.74) is 0. The first kappa shape index (κ1) is 32.4. The number of nitrogens with zero attached hydrogens (tertiary/aromatic N) is 2. The second-order valence-corrected chi connectivity index (χ2v) is 12.9.